The van der Waals surface area contributed by atoms with Crippen molar-refractivity contribution in [3.8, 4) is 0 Å². The Morgan fingerprint density at radius 2 is 2.12 bits per heavy atom. The van der Waals surface area contributed by atoms with E-state index in [0.717, 1.165) is 18.2 Å². The Hall–Kier alpha value is -2.35. The van der Waals surface area contributed by atoms with Crippen LogP contribution >= 0.6 is 11.3 Å². The zero-order valence-electron chi connectivity index (χ0n) is 13.4. The van der Waals surface area contributed by atoms with Crippen molar-refractivity contribution >= 4 is 34.1 Å². The zero-order chi connectivity index (χ0) is 16.9. The molecule has 2 amide bonds. The molecule has 2 aromatic rings. The van der Waals surface area contributed by atoms with Crippen LogP contribution in [0.3, 0.4) is 0 Å². The first-order valence-electron chi connectivity index (χ1n) is 7.99. The van der Waals surface area contributed by atoms with E-state index >= 15 is 0 Å². The van der Waals surface area contributed by atoms with E-state index < -0.39 is 11.9 Å². The lowest BCUT2D eigenvalue weighted by Gasteiger charge is -2.25. The Bertz CT molecular complexity index is 692. The molecule has 3 rings (SSSR count). The van der Waals surface area contributed by atoms with E-state index in [1.807, 2.05) is 5.38 Å². The number of anilines is 2. The normalized spacial score (nSPS) is 15.8. The molecular formula is C16H20N4O3S. The predicted octanol–water partition coefficient (Wildman–Crippen LogP) is 2.48. The minimum atomic E-state index is -0.692. The molecule has 0 saturated carbocycles. The van der Waals surface area contributed by atoms with Crippen LogP contribution in [0.5, 0.6) is 0 Å². The lowest BCUT2D eigenvalue weighted by Crippen LogP contribution is -2.41. The van der Waals surface area contributed by atoms with E-state index in [4.69, 9.17) is 4.42 Å². The minimum absolute atomic E-state index is 0.177. The summed E-state index contributed by atoms with van der Waals surface area (Å²) in [6.07, 6.45) is 5.03. The molecule has 0 aromatic carbocycles. The van der Waals surface area contributed by atoms with Gasteiger partial charge in [-0.1, -0.05) is 0 Å². The number of carbonyl (C=O) groups is 2. The minimum Gasteiger partial charge on any atom is -0.459 e. The average Bonchev–Trinajstić information content (AvgIpc) is 3.27. The number of furan rings is 1. The Morgan fingerprint density at radius 1 is 1.33 bits per heavy atom. The second-order valence-electron chi connectivity index (χ2n) is 5.72. The number of rotatable bonds is 5. The van der Waals surface area contributed by atoms with Crippen molar-refractivity contribution in [3.05, 3.63) is 29.5 Å². The van der Waals surface area contributed by atoms with Gasteiger partial charge >= 0.3 is 0 Å². The van der Waals surface area contributed by atoms with Gasteiger partial charge in [0.05, 0.1) is 6.26 Å². The van der Waals surface area contributed by atoms with Gasteiger partial charge in [0.2, 0.25) is 5.91 Å². The van der Waals surface area contributed by atoms with Crippen LogP contribution in [0.2, 0.25) is 0 Å². The van der Waals surface area contributed by atoms with Crippen LogP contribution in [0.15, 0.2) is 28.2 Å². The van der Waals surface area contributed by atoms with Gasteiger partial charge in [-0.05, 0) is 38.3 Å². The average molecular weight is 348 g/mol. The summed E-state index contributed by atoms with van der Waals surface area (Å²) in [6.45, 7) is 3.64. The lowest BCUT2D eigenvalue weighted by atomic mass is 10.1. The summed E-state index contributed by atoms with van der Waals surface area (Å²) >= 11 is 1.52. The van der Waals surface area contributed by atoms with Crippen LogP contribution in [0.4, 0.5) is 10.9 Å². The number of nitrogens with zero attached hydrogens (tertiary/aromatic N) is 2. The van der Waals surface area contributed by atoms with Gasteiger partial charge in [-0.2, -0.15) is 0 Å². The zero-order valence-corrected chi connectivity index (χ0v) is 14.3. The van der Waals surface area contributed by atoms with Crippen molar-refractivity contribution in [1.29, 1.82) is 0 Å². The number of hydrogen-bond acceptors (Lipinski definition) is 6. The van der Waals surface area contributed by atoms with Gasteiger partial charge in [0.15, 0.2) is 10.9 Å². The number of nitrogens with one attached hydrogen (secondary N) is 2. The standard InChI is InChI=1S/C16H20N4O3S/c1-11(17-15(22)12-6-5-9-23-12)14(21)18-13-10-24-16(19-13)20-7-3-2-4-8-20/h5-6,9-11H,2-4,7-8H2,1H3,(H,17,22)(H,18,21)/t11-/m0/s1. The molecule has 8 heteroatoms. The van der Waals surface area contributed by atoms with Crippen LogP contribution in [-0.2, 0) is 4.79 Å². The molecule has 1 fully saturated rings. The highest BCUT2D eigenvalue weighted by atomic mass is 32.1. The molecule has 24 heavy (non-hydrogen) atoms. The fourth-order valence-corrected chi connectivity index (χ4v) is 3.34. The molecule has 0 unspecified atom stereocenters. The van der Waals surface area contributed by atoms with Crippen molar-refractivity contribution in [2.24, 2.45) is 0 Å². The second kappa shape index (κ2) is 7.48. The first-order valence-corrected chi connectivity index (χ1v) is 8.87. The van der Waals surface area contributed by atoms with Gasteiger partial charge in [0, 0.05) is 18.5 Å². The van der Waals surface area contributed by atoms with Gasteiger partial charge in [-0.25, -0.2) is 4.98 Å². The molecule has 3 heterocycles. The van der Waals surface area contributed by atoms with E-state index in [9.17, 15) is 9.59 Å². The molecule has 1 aliphatic heterocycles. The van der Waals surface area contributed by atoms with Gasteiger partial charge in [-0.3, -0.25) is 9.59 Å². The Morgan fingerprint density at radius 3 is 2.83 bits per heavy atom. The first kappa shape index (κ1) is 16.5. The smallest absolute Gasteiger partial charge is 0.287 e. The van der Waals surface area contributed by atoms with E-state index in [1.165, 1.54) is 36.9 Å². The SMILES string of the molecule is C[C@H](NC(=O)c1ccco1)C(=O)Nc1csc(N2CCCCC2)n1. The highest BCUT2D eigenvalue weighted by molar-refractivity contribution is 7.14. The summed E-state index contributed by atoms with van der Waals surface area (Å²) in [5.41, 5.74) is 0. The number of hydrogen-bond donors (Lipinski definition) is 2. The molecule has 0 spiro atoms. The molecule has 2 N–H and O–H groups in total. The summed E-state index contributed by atoms with van der Waals surface area (Å²) in [7, 11) is 0. The Kier molecular flexibility index (Phi) is 5.14. The van der Waals surface area contributed by atoms with Crippen LogP contribution in [-0.4, -0.2) is 35.9 Å². The summed E-state index contributed by atoms with van der Waals surface area (Å²) in [5.74, 6) is -0.0410. The predicted molar refractivity (Wildman–Crippen MR) is 92.4 cm³/mol. The summed E-state index contributed by atoms with van der Waals surface area (Å²) in [6, 6.07) is 2.48. The number of carbonyl (C=O) groups excluding carboxylic acids is 2. The number of amides is 2. The molecule has 0 bridgehead atoms. The number of thiazole rings is 1. The molecule has 1 saturated heterocycles. The summed E-state index contributed by atoms with van der Waals surface area (Å²) < 4.78 is 5.00. The number of aromatic nitrogens is 1. The van der Waals surface area contributed by atoms with Gasteiger partial charge < -0.3 is 20.0 Å². The van der Waals surface area contributed by atoms with Crippen LogP contribution < -0.4 is 15.5 Å². The molecular weight excluding hydrogens is 328 g/mol. The van der Waals surface area contributed by atoms with Gasteiger partial charge in [0.25, 0.3) is 5.91 Å². The third-order valence-corrected chi connectivity index (χ3v) is 4.76. The first-order chi connectivity index (χ1) is 11.6. The Labute approximate surface area is 144 Å². The highest BCUT2D eigenvalue weighted by Gasteiger charge is 2.20. The Balaban J connectivity index is 1.54. The van der Waals surface area contributed by atoms with Crippen molar-refractivity contribution < 1.29 is 14.0 Å². The van der Waals surface area contributed by atoms with Crippen LogP contribution in [0, 0.1) is 0 Å². The van der Waals surface area contributed by atoms with E-state index in [2.05, 4.69) is 20.5 Å². The molecule has 7 nitrogen and oxygen atoms in total. The van der Waals surface area contributed by atoms with Crippen LogP contribution in [0.1, 0.15) is 36.7 Å². The maximum absolute atomic E-state index is 12.2. The maximum atomic E-state index is 12.2. The van der Waals surface area contributed by atoms with Crippen molar-refractivity contribution in [3.63, 3.8) is 0 Å². The summed E-state index contributed by atoms with van der Waals surface area (Å²) in [5, 5.41) is 8.08. The quantitative estimate of drug-likeness (QED) is 0.867. The van der Waals surface area contributed by atoms with E-state index in [0.29, 0.717) is 5.82 Å². The molecule has 0 aliphatic carbocycles. The van der Waals surface area contributed by atoms with Gasteiger partial charge in [0.1, 0.15) is 11.9 Å². The topological polar surface area (TPSA) is 87.5 Å². The monoisotopic (exact) mass is 348 g/mol. The fourth-order valence-electron chi connectivity index (χ4n) is 2.53. The molecule has 1 atom stereocenters. The second-order valence-corrected chi connectivity index (χ2v) is 6.56. The third kappa shape index (κ3) is 3.94. The van der Waals surface area contributed by atoms with E-state index in [1.54, 1.807) is 19.1 Å². The van der Waals surface area contributed by atoms with E-state index in [-0.39, 0.29) is 11.7 Å². The highest BCUT2D eigenvalue weighted by Crippen LogP contribution is 2.26. The third-order valence-electron chi connectivity index (χ3n) is 3.86. The lowest BCUT2D eigenvalue weighted by molar-refractivity contribution is -0.117. The van der Waals surface area contributed by atoms with Crippen LogP contribution in [0.25, 0.3) is 0 Å². The maximum Gasteiger partial charge on any atom is 0.287 e. The molecule has 1 aliphatic rings. The number of piperidine rings is 1. The fraction of sp³-hybridized carbons (Fsp3) is 0.438. The largest absolute Gasteiger partial charge is 0.459 e. The summed E-state index contributed by atoms with van der Waals surface area (Å²) in [4.78, 5) is 30.8. The molecule has 2 aromatic heterocycles. The van der Waals surface area contributed by atoms with Gasteiger partial charge in [-0.15, -0.1) is 11.3 Å². The van der Waals surface area contributed by atoms with Crippen molar-refractivity contribution in [1.82, 2.24) is 10.3 Å². The molecule has 0 radical (unpaired) electrons. The van der Waals surface area contributed by atoms with Crippen molar-refractivity contribution in [2.45, 2.75) is 32.2 Å². The van der Waals surface area contributed by atoms with Crippen molar-refractivity contribution in [2.75, 3.05) is 23.3 Å². The molecule has 128 valence electrons.